The summed E-state index contributed by atoms with van der Waals surface area (Å²) in [5.41, 5.74) is 4.73. The van der Waals surface area contributed by atoms with Crippen LogP contribution in [0.3, 0.4) is 0 Å². The molecule has 0 aliphatic heterocycles. The summed E-state index contributed by atoms with van der Waals surface area (Å²) in [7, 11) is 0. The molecule has 0 aromatic heterocycles. The smallest absolute Gasteiger partial charge is 0.138 e. The third-order valence-electron chi connectivity index (χ3n) is 1.92. The molecule has 0 saturated heterocycles. The summed E-state index contributed by atoms with van der Waals surface area (Å²) in [6, 6.07) is 0. The van der Waals surface area contributed by atoms with Gasteiger partial charge in [0.25, 0.3) is 0 Å². The zero-order valence-electron chi connectivity index (χ0n) is 7.39. The predicted octanol–water partition coefficient (Wildman–Crippen LogP) is 3.59. The van der Waals surface area contributed by atoms with E-state index in [1.807, 2.05) is 0 Å². The second-order valence-electron chi connectivity index (χ2n) is 2.95. The summed E-state index contributed by atoms with van der Waals surface area (Å²) in [6.45, 7) is 2.13. The Morgan fingerprint density at radius 3 is 2.75 bits per heavy atom. The first-order valence-electron chi connectivity index (χ1n) is 4.40. The van der Waals surface area contributed by atoms with Gasteiger partial charge in [-0.1, -0.05) is 13.3 Å². The molecule has 0 aromatic rings. The van der Waals surface area contributed by atoms with Crippen molar-refractivity contribution in [3.8, 4) is 5.40 Å². The van der Waals surface area contributed by atoms with Gasteiger partial charge in [-0.3, -0.25) is 0 Å². The number of nitriles is 1. The average molecular weight is 179 g/mol. The predicted molar refractivity (Wildman–Crippen MR) is 52.5 cm³/mol. The van der Waals surface area contributed by atoms with Crippen LogP contribution in [0.1, 0.15) is 39.0 Å². The molecule has 64 valence electrons. The molecule has 0 atom stereocenters. The van der Waals surface area contributed by atoms with Crippen LogP contribution in [-0.2, 0) is 0 Å². The average Bonchev–Trinajstić information content (AvgIpc) is 1.97. The summed E-state index contributed by atoms with van der Waals surface area (Å²) in [5, 5.41) is 10.6. The lowest BCUT2D eigenvalue weighted by atomic mass is 9.93. The lowest BCUT2D eigenvalue weighted by molar-refractivity contribution is 0.664. The van der Waals surface area contributed by atoms with Crippen LogP contribution in [0.5, 0.6) is 0 Å². The largest absolute Gasteiger partial charge is 0.185 e. The van der Waals surface area contributed by atoms with Crippen LogP contribution in [-0.4, -0.2) is 0 Å². The van der Waals surface area contributed by atoms with Crippen LogP contribution in [0, 0.1) is 10.7 Å². The van der Waals surface area contributed by atoms with Crippen molar-refractivity contribution in [2.45, 2.75) is 39.0 Å². The summed E-state index contributed by atoms with van der Waals surface area (Å²) < 4.78 is 0. The van der Waals surface area contributed by atoms with E-state index in [-0.39, 0.29) is 0 Å². The fourth-order valence-corrected chi connectivity index (χ4v) is 1.71. The lowest BCUT2D eigenvalue weighted by Gasteiger charge is -2.12. The molecule has 1 aliphatic rings. The van der Waals surface area contributed by atoms with Crippen LogP contribution >= 0.6 is 11.8 Å². The van der Waals surface area contributed by atoms with Gasteiger partial charge < -0.3 is 0 Å². The van der Waals surface area contributed by atoms with Crippen LogP contribution < -0.4 is 0 Å². The molecule has 2 heteroatoms. The molecule has 1 rings (SSSR count). The third-order valence-corrected chi connectivity index (χ3v) is 2.56. The molecule has 0 heterocycles. The van der Waals surface area contributed by atoms with Crippen molar-refractivity contribution in [3.63, 3.8) is 0 Å². The molecular weight excluding hydrogens is 166 g/mol. The monoisotopic (exact) mass is 179 g/mol. The minimum Gasteiger partial charge on any atom is -0.185 e. The van der Waals surface area contributed by atoms with Crippen molar-refractivity contribution in [1.82, 2.24) is 0 Å². The number of allylic oxidation sites excluding steroid dienone is 1. The van der Waals surface area contributed by atoms with Gasteiger partial charge in [0.15, 0.2) is 0 Å². The normalized spacial score (nSPS) is 14.5. The van der Waals surface area contributed by atoms with Gasteiger partial charge in [-0.2, -0.15) is 5.26 Å². The Morgan fingerprint density at radius 1 is 1.58 bits per heavy atom. The van der Waals surface area contributed by atoms with Crippen molar-refractivity contribution in [1.29, 1.82) is 5.26 Å². The highest BCUT2D eigenvalue weighted by Gasteiger charge is 2.07. The zero-order valence-corrected chi connectivity index (χ0v) is 8.21. The van der Waals surface area contributed by atoms with Crippen molar-refractivity contribution in [2.75, 3.05) is 0 Å². The number of thiocyanates is 1. The van der Waals surface area contributed by atoms with Gasteiger partial charge in [0, 0.05) is 4.91 Å². The fraction of sp³-hybridized carbons (Fsp3) is 0.600. The first-order valence-corrected chi connectivity index (χ1v) is 5.22. The van der Waals surface area contributed by atoms with E-state index >= 15 is 0 Å². The Kier molecular flexibility index (Phi) is 4.00. The molecule has 1 fully saturated rings. The quantitative estimate of drug-likeness (QED) is 0.488. The van der Waals surface area contributed by atoms with E-state index in [0.29, 0.717) is 0 Å². The van der Waals surface area contributed by atoms with E-state index in [0.717, 1.165) is 17.7 Å². The second-order valence-corrected chi connectivity index (χ2v) is 3.83. The van der Waals surface area contributed by atoms with Crippen molar-refractivity contribution in [2.24, 2.45) is 0 Å². The van der Waals surface area contributed by atoms with Gasteiger partial charge >= 0.3 is 0 Å². The van der Waals surface area contributed by atoms with Gasteiger partial charge in [-0.15, -0.1) is 5.73 Å². The number of thioether (sulfide) groups is 1. The molecule has 0 bridgehead atoms. The van der Waals surface area contributed by atoms with Crippen LogP contribution in [0.25, 0.3) is 0 Å². The summed E-state index contributed by atoms with van der Waals surface area (Å²) >= 11 is 1.27. The Labute approximate surface area is 78.2 Å². The fourth-order valence-electron chi connectivity index (χ4n) is 1.10. The second kappa shape index (κ2) is 5.09. The number of rotatable bonds is 3. The Bertz CT molecular complexity index is 248. The Hall–Kier alpha value is -0.640. The summed E-state index contributed by atoms with van der Waals surface area (Å²) in [4.78, 5) is 1.12. The van der Waals surface area contributed by atoms with Crippen LogP contribution in [0.15, 0.2) is 16.2 Å². The van der Waals surface area contributed by atoms with E-state index in [4.69, 9.17) is 5.26 Å². The molecule has 1 nitrogen and oxygen atoms in total. The molecule has 12 heavy (non-hydrogen) atoms. The van der Waals surface area contributed by atoms with Gasteiger partial charge in [0.2, 0.25) is 0 Å². The molecular formula is C10H13NS. The standard InChI is InChI=1S/C10H13NS/c1-2-4-10(12-8-11)7-9-5-3-6-9/h2-6H2,1H3. The SMILES string of the molecule is CCCC(=C=C1CCC1)SC#N. The number of hydrogen-bond donors (Lipinski definition) is 0. The van der Waals surface area contributed by atoms with Crippen LogP contribution in [0.4, 0.5) is 0 Å². The van der Waals surface area contributed by atoms with E-state index in [2.05, 4.69) is 18.1 Å². The molecule has 1 saturated carbocycles. The van der Waals surface area contributed by atoms with Crippen LogP contribution in [0.2, 0.25) is 0 Å². The minimum atomic E-state index is 1.00. The van der Waals surface area contributed by atoms with Gasteiger partial charge in [-0.25, -0.2) is 0 Å². The molecule has 0 amide bonds. The van der Waals surface area contributed by atoms with E-state index in [9.17, 15) is 0 Å². The van der Waals surface area contributed by atoms with E-state index in [1.54, 1.807) is 0 Å². The van der Waals surface area contributed by atoms with Gasteiger partial charge in [-0.05, 0) is 43.0 Å². The molecule has 0 spiro atoms. The Morgan fingerprint density at radius 2 is 2.33 bits per heavy atom. The first-order chi connectivity index (χ1) is 5.86. The van der Waals surface area contributed by atoms with Crippen molar-refractivity contribution in [3.05, 3.63) is 16.2 Å². The molecule has 0 aromatic carbocycles. The zero-order chi connectivity index (χ0) is 8.81. The third kappa shape index (κ3) is 2.77. The lowest BCUT2D eigenvalue weighted by Crippen LogP contribution is -1.94. The topological polar surface area (TPSA) is 23.8 Å². The van der Waals surface area contributed by atoms with Crippen molar-refractivity contribution < 1.29 is 0 Å². The van der Waals surface area contributed by atoms with E-state index < -0.39 is 0 Å². The van der Waals surface area contributed by atoms with E-state index in [1.165, 1.54) is 36.6 Å². The summed E-state index contributed by atoms with van der Waals surface area (Å²) in [6.07, 6.45) is 5.80. The molecule has 0 N–H and O–H groups in total. The first kappa shape index (κ1) is 9.45. The number of nitrogens with zero attached hydrogens (tertiary/aromatic N) is 1. The van der Waals surface area contributed by atoms with Crippen molar-refractivity contribution >= 4 is 11.8 Å². The molecule has 1 aliphatic carbocycles. The Balaban J connectivity index is 2.63. The maximum Gasteiger partial charge on any atom is 0.138 e. The minimum absolute atomic E-state index is 1.00. The maximum atomic E-state index is 8.51. The maximum absolute atomic E-state index is 8.51. The highest BCUT2D eigenvalue weighted by molar-refractivity contribution is 8.07. The highest BCUT2D eigenvalue weighted by atomic mass is 32.2. The number of hydrogen-bond acceptors (Lipinski definition) is 2. The van der Waals surface area contributed by atoms with Gasteiger partial charge in [0.1, 0.15) is 5.40 Å². The molecule has 0 radical (unpaired) electrons. The highest BCUT2D eigenvalue weighted by Crippen LogP contribution is 2.27. The molecule has 0 unspecified atom stereocenters. The van der Waals surface area contributed by atoms with Gasteiger partial charge in [0.05, 0.1) is 0 Å². The summed E-state index contributed by atoms with van der Waals surface area (Å²) in [5.74, 6) is 0.